The zero-order valence-electron chi connectivity index (χ0n) is 8.91. The van der Waals surface area contributed by atoms with Crippen molar-refractivity contribution in [3.8, 4) is 6.07 Å². The molecule has 0 aliphatic heterocycles. The summed E-state index contributed by atoms with van der Waals surface area (Å²) in [4.78, 5) is 15.0. The second-order valence-electron chi connectivity index (χ2n) is 3.03. The molecule has 0 saturated carbocycles. The summed E-state index contributed by atoms with van der Waals surface area (Å²) in [5.41, 5.74) is 3.89. The number of aromatic nitrogens is 1. The molecular weight excluding hydrogens is 232 g/mol. The Morgan fingerprint density at radius 1 is 1.71 bits per heavy atom. The minimum absolute atomic E-state index is 0.0969. The molecule has 0 bridgehead atoms. The third-order valence-electron chi connectivity index (χ3n) is 2.04. The molecule has 0 unspecified atom stereocenters. The van der Waals surface area contributed by atoms with Gasteiger partial charge in [0.25, 0.3) is 6.43 Å². The van der Waals surface area contributed by atoms with Crippen molar-refractivity contribution in [2.75, 3.05) is 7.11 Å². The van der Waals surface area contributed by atoms with E-state index < -0.39 is 29.2 Å². The predicted octanol–water partition coefficient (Wildman–Crippen LogP) is 1.14. The van der Waals surface area contributed by atoms with E-state index >= 15 is 0 Å². The van der Waals surface area contributed by atoms with E-state index in [4.69, 9.17) is 11.0 Å². The lowest BCUT2D eigenvalue weighted by atomic mass is 10.1. The molecule has 0 fully saturated rings. The van der Waals surface area contributed by atoms with Gasteiger partial charge in [-0.1, -0.05) is 0 Å². The third-order valence-corrected chi connectivity index (χ3v) is 2.04. The average Bonchev–Trinajstić information content (AvgIpc) is 2.35. The first kappa shape index (κ1) is 13.0. The molecule has 0 aliphatic carbocycles. The highest BCUT2D eigenvalue weighted by Gasteiger charge is 2.23. The molecule has 1 aromatic heterocycles. The van der Waals surface area contributed by atoms with Gasteiger partial charge in [0, 0.05) is 12.1 Å². The number of ether oxygens (including phenoxy) is 1. The van der Waals surface area contributed by atoms with Gasteiger partial charge in [-0.2, -0.15) is 5.26 Å². The van der Waals surface area contributed by atoms with Gasteiger partial charge in [-0.3, -0.25) is 0 Å². The van der Waals surface area contributed by atoms with Crippen molar-refractivity contribution in [1.82, 2.24) is 4.98 Å². The fraction of sp³-hybridized carbons (Fsp3) is 0.300. The van der Waals surface area contributed by atoms with Crippen LogP contribution in [0, 0.1) is 11.3 Å². The zero-order valence-corrected chi connectivity index (χ0v) is 8.91. The van der Waals surface area contributed by atoms with Crippen molar-refractivity contribution in [3.63, 3.8) is 0 Å². The van der Waals surface area contributed by atoms with Gasteiger partial charge in [0.2, 0.25) is 0 Å². The summed E-state index contributed by atoms with van der Waals surface area (Å²) in [6.45, 7) is -0.116. The normalized spacial score (nSPS) is 10.1. The molecule has 17 heavy (non-hydrogen) atoms. The Morgan fingerprint density at radius 3 is 2.76 bits per heavy atom. The van der Waals surface area contributed by atoms with Crippen molar-refractivity contribution < 1.29 is 18.3 Å². The minimum atomic E-state index is -2.89. The van der Waals surface area contributed by atoms with Gasteiger partial charge in [0.05, 0.1) is 18.4 Å². The summed E-state index contributed by atoms with van der Waals surface area (Å²) in [5.74, 6) is -0.946. The Morgan fingerprint density at radius 2 is 2.35 bits per heavy atom. The molecule has 0 saturated heterocycles. The molecule has 0 radical (unpaired) electrons. The number of nitriles is 1. The number of nitrogens with two attached hydrogens (primary N) is 1. The summed E-state index contributed by atoms with van der Waals surface area (Å²) in [6, 6.07) is 2.54. The van der Waals surface area contributed by atoms with Crippen molar-refractivity contribution >= 4 is 5.97 Å². The molecule has 2 N–H and O–H groups in total. The fourth-order valence-electron chi connectivity index (χ4n) is 1.26. The van der Waals surface area contributed by atoms with E-state index in [0.29, 0.717) is 0 Å². The first-order valence-electron chi connectivity index (χ1n) is 4.55. The molecule has 0 aliphatic rings. The highest BCUT2D eigenvalue weighted by molar-refractivity contribution is 5.90. The number of hydrogen-bond acceptors (Lipinski definition) is 5. The van der Waals surface area contributed by atoms with Crippen molar-refractivity contribution in [2.45, 2.75) is 13.0 Å². The molecule has 1 heterocycles. The monoisotopic (exact) mass is 241 g/mol. The molecule has 90 valence electrons. The van der Waals surface area contributed by atoms with Crippen LogP contribution in [0.4, 0.5) is 8.78 Å². The fourth-order valence-corrected chi connectivity index (χ4v) is 1.26. The quantitative estimate of drug-likeness (QED) is 0.801. The number of pyridine rings is 1. The molecule has 1 rings (SSSR count). The lowest BCUT2D eigenvalue weighted by Crippen LogP contribution is -2.13. The van der Waals surface area contributed by atoms with Crippen LogP contribution < -0.4 is 5.73 Å². The van der Waals surface area contributed by atoms with E-state index in [-0.39, 0.29) is 12.2 Å². The van der Waals surface area contributed by atoms with Crippen LogP contribution in [0.25, 0.3) is 0 Å². The molecule has 0 aromatic carbocycles. The van der Waals surface area contributed by atoms with Crippen LogP contribution in [0.2, 0.25) is 0 Å². The maximum Gasteiger partial charge on any atom is 0.358 e. The summed E-state index contributed by atoms with van der Waals surface area (Å²) >= 11 is 0. The second-order valence-corrected chi connectivity index (χ2v) is 3.03. The van der Waals surface area contributed by atoms with Crippen LogP contribution in [0.15, 0.2) is 6.07 Å². The Balaban J connectivity index is 3.52. The number of alkyl halides is 2. The van der Waals surface area contributed by atoms with Gasteiger partial charge >= 0.3 is 5.97 Å². The standard InChI is InChI=1S/C10H9F2N3O2/c1-17-10(16)8-7(4-14)6(9(11)12)2-5(3-13)15-8/h2,9H,3,13H2,1H3. The molecule has 0 atom stereocenters. The first-order chi connectivity index (χ1) is 8.04. The van der Waals surface area contributed by atoms with Crippen molar-refractivity contribution in [3.05, 3.63) is 28.6 Å². The van der Waals surface area contributed by atoms with Gasteiger partial charge < -0.3 is 10.5 Å². The Bertz CT molecular complexity index is 483. The van der Waals surface area contributed by atoms with Crippen LogP contribution in [-0.4, -0.2) is 18.1 Å². The van der Waals surface area contributed by atoms with Gasteiger partial charge in [0.1, 0.15) is 6.07 Å². The molecule has 1 aromatic rings. The number of halogens is 2. The summed E-state index contributed by atoms with van der Waals surface area (Å²) < 4.78 is 29.8. The summed E-state index contributed by atoms with van der Waals surface area (Å²) in [7, 11) is 1.07. The Kier molecular flexibility index (Phi) is 4.06. The van der Waals surface area contributed by atoms with E-state index in [2.05, 4.69) is 9.72 Å². The van der Waals surface area contributed by atoms with E-state index in [1.54, 1.807) is 0 Å². The lowest BCUT2D eigenvalue weighted by Gasteiger charge is -2.09. The molecule has 7 heteroatoms. The summed E-state index contributed by atoms with van der Waals surface area (Å²) in [6.07, 6.45) is -2.89. The number of methoxy groups -OCH3 is 1. The minimum Gasteiger partial charge on any atom is -0.464 e. The zero-order chi connectivity index (χ0) is 13.0. The SMILES string of the molecule is COC(=O)c1nc(CN)cc(C(F)F)c1C#N. The van der Waals surface area contributed by atoms with E-state index in [0.717, 1.165) is 13.2 Å². The third kappa shape index (κ3) is 2.54. The Labute approximate surface area is 95.8 Å². The molecule has 0 spiro atoms. The van der Waals surface area contributed by atoms with Crippen LogP contribution >= 0.6 is 0 Å². The highest BCUT2D eigenvalue weighted by atomic mass is 19.3. The van der Waals surface area contributed by atoms with Gasteiger partial charge in [-0.25, -0.2) is 18.6 Å². The predicted molar refractivity (Wildman–Crippen MR) is 53.1 cm³/mol. The number of nitrogens with zero attached hydrogens (tertiary/aromatic N) is 2. The van der Waals surface area contributed by atoms with Crippen molar-refractivity contribution in [2.24, 2.45) is 5.73 Å². The lowest BCUT2D eigenvalue weighted by molar-refractivity contribution is 0.0592. The number of esters is 1. The van der Waals surface area contributed by atoms with Crippen LogP contribution in [0.3, 0.4) is 0 Å². The highest BCUT2D eigenvalue weighted by Crippen LogP contribution is 2.25. The topological polar surface area (TPSA) is 89.0 Å². The largest absolute Gasteiger partial charge is 0.464 e. The van der Waals surface area contributed by atoms with Gasteiger partial charge in [0.15, 0.2) is 5.69 Å². The van der Waals surface area contributed by atoms with Gasteiger partial charge in [-0.15, -0.1) is 0 Å². The van der Waals surface area contributed by atoms with Crippen LogP contribution in [0.1, 0.15) is 33.7 Å². The van der Waals surface area contributed by atoms with Gasteiger partial charge in [-0.05, 0) is 6.07 Å². The van der Waals surface area contributed by atoms with E-state index in [9.17, 15) is 13.6 Å². The number of hydrogen-bond donors (Lipinski definition) is 1. The maximum absolute atomic E-state index is 12.7. The maximum atomic E-state index is 12.7. The summed E-state index contributed by atoms with van der Waals surface area (Å²) in [5, 5.41) is 8.79. The van der Waals surface area contributed by atoms with E-state index in [1.165, 1.54) is 6.07 Å². The first-order valence-corrected chi connectivity index (χ1v) is 4.55. The number of rotatable bonds is 3. The van der Waals surface area contributed by atoms with Crippen molar-refractivity contribution in [1.29, 1.82) is 5.26 Å². The molecule has 5 nitrogen and oxygen atoms in total. The van der Waals surface area contributed by atoms with Crippen LogP contribution in [-0.2, 0) is 11.3 Å². The Hall–Kier alpha value is -2.07. The number of carbonyl (C=O) groups excluding carboxylic acids is 1. The smallest absolute Gasteiger partial charge is 0.358 e. The molecular formula is C10H9F2N3O2. The van der Waals surface area contributed by atoms with E-state index in [1.807, 2.05) is 0 Å². The number of carbonyl (C=O) groups is 1. The van der Waals surface area contributed by atoms with Crippen LogP contribution in [0.5, 0.6) is 0 Å². The molecule has 0 amide bonds. The second kappa shape index (κ2) is 5.32. The average molecular weight is 241 g/mol.